The number of ether oxygens (including phenoxy) is 1. The number of aryl methyl sites for hydroxylation is 2. The summed E-state index contributed by atoms with van der Waals surface area (Å²) in [6, 6.07) is 12.6. The van der Waals surface area contributed by atoms with Crippen LogP contribution in [0.1, 0.15) is 23.1 Å². The van der Waals surface area contributed by atoms with Gasteiger partial charge in [0.25, 0.3) is 5.91 Å². The zero-order chi connectivity index (χ0) is 19.2. The monoisotopic (exact) mass is 387 g/mol. The summed E-state index contributed by atoms with van der Waals surface area (Å²) >= 11 is 1.41. The highest BCUT2D eigenvalue weighted by Gasteiger charge is 2.15. The highest BCUT2D eigenvalue weighted by molar-refractivity contribution is 8.00. The SMILES string of the molecule is CN(Cc1ccccc1F)C(=O)COC(=O)CSc1ccc2c(c1)CCC2. The van der Waals surface area contributed by atoms with Gasteiger partial charge in [-0.1, -0.05) is 24.3 Å². The number of esters is 1. The van der Waals surface area contributed by atoms with Gasteiger partial charge < -0.3 is 9.64 Å². The number of hydrogen-bond donors (Lipinski definition) is 0. The zero-order valence-electron chi connectivity index (χ0n) is 15.2. The van der Waals surface area contributed by atoms with E-state index >= 15 is 0 Å². The van der Waals surface area contributed by atoms with Crippen molar-refractivity contribution in [2.24, 2.45) is 0 Å². The van der Waals surface area contributed by atoms with Gasteiger partial charge in [0, 0.05) is 24.1 Å². The zero-order valence-corrected chi connectivity index (χ0v) is 16.1. The predicted octanol–water partition coefficient (Wildman–Crippen LogP) is 3.61. The van der Waals surface area contributed by atoms with Crippen LogP contribution in [0.15, 0.2) is 47.4 Å². The normalized spacial score (nSPS) is 12.5. The third-order valence-electron chi connectivity index (χ3n) is 4.57. The second kappa shape index (κ2) is 9.04. The van der Waals surface area contributed by atoms with Crippen LogP contribution in [0.25, 0.3) is 0 Å². The molecule has 0 unspecified atom stereocenters. The van der Waals surface area contributed by atoms with Crippen LogP contribution in [0.5, 0.6) is 0 Å². The van der Waals surface area contributed by atoms with E-state index in [-0.39, 0.29) is 30.6 Å². The van der Waals surface area contributed by atoms with Crippen LogP contribution in [0, 0.1) is 5.82 Å². The lowest BCUT2D eigenvalue weighted by molar-refractivity contribution is -0.149. The van der Waals surface area contributed by atoms with Crippen LogP contribution >= 0.6 is 11.8 Å². The Morgan fingerprint density at radius 1 is 1.15 bits per heavy atom. The molecule has 0 radical (unpaired) electrons. The van der Waals surface area contributed by atoms with Gasteiger partial charge in [-0.15, -0.1) is 11.8 Å². The molecule has 142 valence electrons. The van der Waals surface area contributed by atoms with E-state index in [1.807, 2.05) is 6.07 Å². The largest absolute Gasteiger partial charge is 0.455 e. The molecule has 3 rings (SSSR count). The summed E-state index contributed by atoms with van der Waals surface area (Å²) in [6.07, 6.45) is 3.41. The average Bonchev–Trinajstić information content (AvgIpc) is 3.14. The molecule has 0 atom stereocenters. The number of carbonyl (C=O) groups is 2. The molecule has 27 heavy (non-hydrogen) atoms. The summed E-state index contributed by atoms with van der Waals surface area (Å²) in [5.74, 6) is -1.01. The molecule has 0 saturated carbocycles. The summed E-state index contributed by atoms with van der Waals surface area (Å²) in [6.45, 7) is -0.207. The predicted molar refractivity (Wildman–Crippen MR) is 103 cm³/mol. The first-order valence-corrected chi connectivity index (χ1v) is 9.89. The summed E-state index contributed by atoms with van der Waals surface area (Å²) < 4.78 is 18.7. The number of halogens is 1. The fourth-order valence-corrected chi connectivity index (χ4v) is 3.80. The van der Waals surface area contributed by atoms with Gasteiger partial charge in [-0.2, -0.15) is 0 Å². The van der Waals surface area contributed by atoms with E-state index in [1.54, 1.807) is 25.2 Å². The molecule has 6 heteroatoms. The first-order chi connectivity index (χ1) is 13.0. The third-order valence-corrected chi connectivity index (χ3v) is 5.54. The van der Waals surface area contributed by atoms with Crippen LogP contribution in [0.3, 0.4) is 0 Å². The van der Waals surface area contributed by atoms with Gasteiger partial charge in [0.05, 0.1) is 5.75 Å². The molecule has 0 aliphatic heterocycles. The van der Waals surface area contributed by atoms with E-state index in [9.17, 15) is 14.0 Å². The van der Waals surface area contributed by atoms with E-state index in [0.717, 1.165) is 17.7 Å². The van der Waals surface area contributed by atoms with Crippen LogP contribution in [-0.4, -0.2) is 36.2 Å². The molecule has 0 fully saturated rings. The van der Waals surface area contributed by atoms with E-state index in [2.05, 4.69) is 12.1 Å². The van der Waals surface area contributed by atoms with E-state index in [1.165, 1.54) is 40.3 Å². The Labute approximate surface area is 162 Å². The molecule has 0 saturated heterocycles. The fraction of sp³-hybridized carbons (Fsp3) is 0.333. The van der Waals surface area contributed by atoms with Gasteiger partial charge in [-0.05, 0) is 48.6 Å². The van der Waals surface area contributed by atoms with Crippen molar-refractivity contribution in [2.75, 3.05) is 19.4 Å². The number of thioether (sulfide) groups is 1. The Hall–Kier alpha value is -2.34. The molecule has 2 aromatic rings. The third kappa shape index (κ3) is 5.32. The van der Waals surface area contributed by atoms with Crippen molar-refractivity contribution in [3.63, 3.8) is 0 Å². The molecule has 1 aliphatic carbocycles. The van der Waals surface area contributed by atoms with E-state index < -0.39 is 5.97 Å². The number of amides is 1. The van der Waals surface area contributed by atoms with Gasteiger partial charge in [0.2, 0.25) is 0 Å². The number of rotatable bonds is 7. The lowest BCUT2D eigenvalue weighted by atomic mass is 10.1. The van der Waals surface area contributed by atoms with Gasteiger partial charge in [-0.25, -0.2) is 4.39 Å². The average molecular weight is 387 g/mol. The Morgan fingerprint density at radius 2 is 1.93 bits per heavy atom. The molecule has 1 aliphatic rings. The smallest absolute Gasteiger partial charge is 0.316 e. The van der Waals surface area contributed by atoms with Crippen molar-refractivity contribution >= 4 is 23.6 Å². The standard InChI is InChI=1S/C21H22FNO3S/c1-23(12-17-5-2-3-8-19(17)22)20(24)13-26-21(25)14-27-18-10-9-15-6-4-7-16(15)11-18/h2-3,5,8-11H,4,6-7,12-14H2,1H3. The van der Waals surface area contributed by atoms with Crippen LogP contribution in [-0.2, 0) is 33.7 Å². The number of likely N-dealkylation sites (N-methyl/N-ethyl adjacent to an activating group) is 1. The van der Waals surface area contributed by atoms with Gasteiger partial charge in [0.15, 0.2) is 6.61 Å². The molecule has 4 nitrogen and oxygen atoms in total. The van der Waals surface area contributed by atoms with Gasteiger partial charge in [0.1, 0.15) is 5.82 Å². The second-order valence-electron chi connectivity index (χ2n) is 6.57. The lowest BCUT2D eigenvalue weighted by Gasteiger charge is -2.17. The minimum Gasteiger partial charge on any atom is -0.455 e. The van der Waals surface area contributed by atoms with Crippen LogP contribution in [0.2, 0.25) is 0 Å². The van der Waals surface area contributed by atoms with Gasteiger partial charge >= 0.3 is 5.97 Å². The maximum atomic E-state index is 13.6. The van der Waals surface area contributed by atoms with Crippen molar-refractivity contribution < 1.29 is 18.7 Å². The summed E-state index contributed by atoms with van der Waals surface area (Å²) in [4.78, 5) is 26.4. The molecular formula is C21H22FNO3S. The van der Waals surface area contributed by atoms with E-state index in [0.29, 0.717) is 5.56 Å². The fourth-order valence-electron chi connectivity index (χ4n) is 3.04. The highest BCUT2D eigenvalue weighted by atomic mass is 32.2. The lowest BCUT2D eigenvalue weighted by Crippen LogP contribution is -2.31. The quantitative estimate of drug-likeness (QED) is 0.538. The van der Waals surface area contributed by atoms with E-state index in [4.69, 9.17) is 4.74 Å². The Kier molecular flexibility index (Phi) is 6.50. The summed E-state index contributed by atoms with van der Waals surface area (Å²) in [7, 11) is 1.56. The minimum absolute atomic E-state index is 0.132. The summed E-state index contributed by atoms with van der Waals surface area (Å²) in [5.41, 5.74) is 3.18. The molecule has 0 bridgehead atoms. The molecule has 0 spiro atoms. The van der Waals surface area contributed by atoms with Crippen molar-refractivity contribution in [1.82, 2.24) is 4.90 Å². The number of hydrogen-bond acceptors (Lipinski definition) is 4. The molecule has 0 aromatic heterocycles. The maximum Gasteiger partial charge on any atom is 0.316 e. The van der Waals surface area contributed by atoms with Crippen molar-refractivity contribution in [3.8, 4) is 0 Å². The first-order valence-electron chi connectivity index (χ1n) is 8.90. The number of carbonyl (C=O) groups excluding carboxylic acids is 2. The minimum atomic E-state index is -0.437. The maximum absolute atomic E-state index is 13.6. The Balaban J connectivity index is 1.42. The Morgan fingerprint density at radius 3 is 2.74 bits per heavy atom. The molecule has 2 aromatic carbocycles. The van der Waals surface area contributed by atoms with Crippen molar-refractivity contribution in [3.05, 3.63) is 65.0 Å². The summed E-state index contributed by atoms with van der Waals surface area (Å²) in [5, 5.41) is 0. The highest BCUT2D eigenvalue weighted by Crippen LogP contribution is 2.27. The molecule has 0 N–H and O–H groups in total. The van der Waals surface area contributed by atoms with Crippen LogP contribution < -0.4 is 0 Å². The first kappa shape index (κ1) is 19.4. The van der Waals surface area contributed by atoms with Gasteiger partial charge in [-0.3, -0.25) is 9.59 Å². The number of nitrogens with zero attached hydrogens (tertiary/aromatic N) is 1. The Bertz CT molecular complexity index is 840. The van der Waals surface area contributed by atoms with Crippen molar-refractivity contribution in [2.45, 2.75) is 30.7 Å². The molecular weight excluding hydrogens is 365 g/mol. The second-order valence-corrected chi connectivity index (χ2v) is 7.62. The number of benzene rings is 2. The number of fused-ring (bicyclic) bond motifs is 1. The molecule has 1 amide bonds. The topological polar surface area (TPSA) is 46.6 Å². The molecule has 0 heterocycles. The van der Waals surface area contributed by atoms with Crippen molar-refractivity contribution in [1.29, 1.82) is 0 Å². The van der Waals surface area contributed by atoms with Crippen LogP contribution in [0.4, 0.5) is 4.39 Å².